The quantitative estimate of drug-likeness (QED) is 0.360. The standard InChI is InChI=1S/C28H50N2Si3/c1-25(2,3)29-21-17-23-15-13-19-27(23,32(29,9)10)31(7,8)28-20-14-16-24(28)18-22-30(26(4,5)6)33(28,11)12/h13-16,19-20H,17-18,21-22H2,1-12H3. The van der Waals surface area contributed by atoms with Crippen LogP contribution < -0.4 is 0 Å². The van der Waals surface area contributed by atoms with E-state index in [4.69, 9.17) is 0 Å². The van der Waals surface area contributed by atoms with Crippen molar-refractivity contribution >= 4 is 24.5 Å². The molecule has 2 atom stereocenters. The second-order valence-electron chi connectivity index (χ2n) is 14.6. The van der Waals surface area contributed by atoms with Crippen LogP contribution in [0.1, 0.15) is 54.4 Å². The Labute approximate surface area is 208 Å². The van der Waals surface area contributed by atoms with Crippen molar-refractivity contribution in [3.63, 3.8) is 0 Å². The molecule has 2 saturated heterocycles. The van der Waals surface area contributed by atoms with Crippen LogP contribution in [-0.2, 0) is 0 Å². The number of rotatable bonds is 2. The van der Waals surface area contributed by atoms with Gasteiger partial charge in [-0.15, -0.1) is 0 Å². The average Bonchev–Trinajstić information content (AvgIpc) is 3.25. The molecule has 2 heterocycles. The van der Waals surface area contributed by atoms with Crippen molar-refractivity contribution in [1.82, 2.24) is 9.13 Å². The Kier molecular flexibility index (Phi) is 5.65. The highest BCUT2D eigenvalue weighted by Crippen LogP contribution is 2.73. The van der Waals surface area contributed by atoms with Crippen molar-refractivity contribution in [2.24, 2.45) is 0 Å². The van der Waals surface area contributed by atoms with Crippen LogP contribution in [0.3, 0.4) is 0 Å². The van der Waals surface area contributed by atoms with E-state index < -0.39 is 24.5 Å². The van der Waals surface area contributed by atoms with Crippen LogP contribution >= 0.6 is 0 Å². The molecule has 0 amide bonds. The van der Waals surface area contributed by atoms with Gasteiger partial charge in [-0.05, 0) is 67.5 Å². The van der Waals surface area contributed by atoms with Gasteiger partial charge in [0.1, 0.15) is 16.5 Å². The van der Waals surface area contributed by atoms with E-state index in [9.17, 15) is 0 Å². The van der Waals surface area contributed by atoms with Crippen molar-refractivity contribution in [3.8, 4) is 0 Å². The van der Waals surface area contributed by atoms with Gasteiger partial charge in [0.2, 0.25) is 0 Å². The van der Waals surface area contributed by atoms with Gasteiger partial charge >= 0.3 is 0 Å². The topological polar surface area (TPSA) is 6.48 Å². The molecule has 2 fully saturated rings. The molecule has 4 aliphatic rings. The Balaban J connectivity index is 1.99. The largest absolute Gasteiger partial charge is 0.318 e. The fraction of sp³-hybridized carbons (Fsp3) is 0.714. The highest BCUT2D eigenvalue weighted by molar-refractivity contribution is 7.10. The van der Waals surface area contributed by atoms with Gasteiger partial charge in [0.05, 0.1) is 8.07 Å². The van der Waals surface area contributed by atoms with Gasteiger partial charge in [0.15, 0.2) is 0 Å². The molecule has 0 N–H and O–H groups in total. The summed E-state index contributed by atoms with van der Waals surface area (Å²) in [5, 5.41) is 0. The zero-order valence-corrected chi connectivity index (χ0v) is 26.7. The van der Waals surface area contributed by atoms with Crippen LogP contribution in [0.25, 0.3) is 0 Å². The molecule has 2 unspecified atom stereocenters. The normalized spacial score (nSPS) is 34.2. The van der Waals surface area contributed by atoms with Gasteiger partial charge < -0.3 is 9.13 Å². The third-order valence-electron chi connectivity index (χ3n) is 10.4. The summed E-state index contributed by atoms with van der Waals surface area (Å²) in [6, 6.07) is 0. The summed E-state index contributed by atoms with van der Waals surface area (Å²) in [4.78, 5) is 0. The summed E-state index contributed by atoms with van der Waals surface area (Å²) < 4.78 is 6.51. The average molecular weight is 499 g/mol. The molecule has 0 bridgehead atoms. The maximum absolute atomic E-state index is 2.99. The number of fused-ring (bicyclic) bond motifs is 2. The molecular formula is C28H50N2Si3. The maximum Gasteiger partial charge on any atom is 0.134 e. The van der Waals surface area contributed by atoms with Crippen LogP contribution in [0, 0.1) is 0 Å². The Bertz CT molecular complexity index is 879. The molecule has 0 aromatic heterocycles. The van der Waals surface area contributed by atoms with Crippen LogP contribution in [0.15, 0.2) is 47.6 Å². The number of nitrogens with zero attached hydrogens (tertiary/aromatic N) is 2. The van der Waals surface area contributed by atoms with Crippen LogP contribution in [0.2, 0.25) is 48.6 Å². The molecule has 2 aliphatic carbocycles. The Morgan fingerprint density at radius 2 is 1.03 bits per heavy atom. The minimum atomic E-state index is -1.99. The zero-order chi connectivity index (χ0) is 24.9. The smallest absolute Gasteiger partial charge is 0.134 e. The molecule has 0 aromatic rings. The molecule has 0 aromatic carbocycles. The lowest BCUT2D eigenvalue weighted by atomic mass is 10.1. The van der Waals surface area contributed by atoms with Gasteiger partial charge in [-0.1, -0.05) is 86.9 Å². The van der Waals surface area contributed by atoms with Crippen LogP contribution in [-0.4, -0.2) is 57.8 Å². The molecule has 33 heavy (non-hydrogen) atoms. The fourth-order valence-electron chi connectivity index (χ4n) is 9.71. The molecule has 184 valence electrons. The summed E-state index contributed by atoms with van der Waals surface area (Å²) >= 11 is 0. The Morgan fingerprint density at radius 3 is 1.33 bits per heavy atom. The van der Waals surface area contributed by atoms with E-state index in [-0.39, 0.29) is 20.4 Å². The zero-order valence-electron chi connectivity index (χ0n) is 23.7. The maximum atomic E-state index is 2.99. The summed E-state index contributed by atoms with van der Waals surface area (Å²) in [5.41, 5.74) is 3.99. The molecule has 5 heteroatoms. The molecule has 0 saturated carbocycles. The van der Waals surface area contributed by atoms with E-state index in [0.29, 0.717) is 0 Å². The fourth-order valence-corrected chi connectivity index (χ4v) is 36.5. The monoisotopic (exact) mass is 498 g/mol. The first-order valence-electron chi connectivity index (χ1n) is 13.2. The summed E-state index contributed by atoms with van der Waals surface area (Å²) in [5.74, 6) is 0. The number of hydrogen-bond acceptors (Lipinski definition) is 2. The van der Waals surface area contributed by atoms with E-state index >= 15 is 0 Å². The second-order valence-corrected chi connectivity index (χ2v) is 29.3. The van der Waals surface area contributed by atoms with Gasteiger partial charge in [-0.3, -0.25) is 0 Å². The predicted octanol–water partition coefficient (Wildman–Crippen LogP) is 7.67. The van der Waals surface area contributed by atoms with Crippen molar-refractivity contribution in [2.75, 3.05) is 13.1 Å². The minimum absolute atomic E-state index is 0.216. The number of allylic oxidation sites excluding steroid dienone is 6. The van der Waals surface area contributed by atoms with E-state index in [1.165, 1.54) is 25.9 Å². The lowest BCUT2D eigenvalue weighted by molar-refractivity contribution is 0.223. The lowest BCUT2D eigenvalue weighted by Gasteiger charge is -2.71. The van der Waals surface area contributed by atoms with Crippen molar-refractivity contribution in [1.29, 1.82) is 0 Å². The second kappa shape index (κ2) is 7.28. The Morgan fingerprint density at radius 1 is 0.697 bits per heavy atom. The van der Waals surface area contributed by atoms with Crippen LogP contribution in [0.5, 0.6) is 0 Å². The third-order valence-corrected chi connectivity index (χ3v) is 32.0. The van der Waals surface area contributed by atoms with Crippen molar-refractivity contribution in [2.45, 2.75) is 114 Å². The molecule has 0 spiro atoms. The summed E-state index contributed by atoms with van der Waals surface area (Å²) in [6.07, 6.45) is 18.0. The first-order valence-corrected chi connectivity index (χ1v) is 22.1. The van der Waals surface area contributed by atoms with Gasteiger partial charge in [0.25, 0.3) is 0 Å². The van der Waals surface area contributed by atoms with E-state index in [0.717, 1.165) is 0 Å². The molecule has 2 aliphatic heterocycles. The SMILES string of the molecule is CC(C)(C)N1CCC2=CC=CC2([Si](C)(C)C23C=CC=C2CCN(C(C)(C)C)[Si]3(C)C)[Si]1(C)C. The third kappa shape index (κ3) is 3.01. The Hall–Kier alpha value is -0.469. The van der Waals surface area contributed by atoms with Gasteiger partial charge in [0, 0.05) is 20.4 Å². The predicted molar refractivity (Wildman–Crippen MR) is 154 cm³/mol. The molecular weight excluding hydrogens is 449 g/mol. The number of hydrogen-bond donors (Lipinski definition) is 0. The highest BCUT2D eigenvalue weighted by Gasteiger charge is 2.74. The molecule has 0 radical (unpaired) electrons. The van der Waals surface area contributed by atoms with Gasteiger partial charge in [-0.25, -0.2) is 0 Å². The van der Waals surface area contributed by atoms with E-state index in [2.05, 4.69) is 126 Å². The van der Waals surface area contributed by atoms with E-state index in [1.807, 2.05) is 0 Å². The van der Waals surface area contributed by atoms with E-state index in [1.54, 1.807) is 11.1 Å². The van der Waals surface area contributed by atoms with Crippen LogP contribution in [0.4, 0.5) is 0 Å². The molecule has 2 nitrogen and oxygen atoms in total. The highest BCUT2D eigenvalue weighted by atomic mass is 28.4. The molecule has 4 rings (SSSR count). The lowest BCUT2D eigenvalue weighted by Crippen LogP contribution is -2.79. The van der Waals surface area contributed by atoms with Crippen molar-refractivity contribution < 1.29 is 0 Å². The first kappa shape index (κ1) is 25.6. The first-order chi connectivity index (χ1) is 14.9. The van der Waals surface area contributed by atoms with Gasteiger partial charge in [-0.2, -0.15) is 0 Å². The van der Waals surface area contributed by atoms with Crippen molar-refractivity contribution in [3.05, 3.63) is 47.6 Å². The summed E-state index contributed by atoms with van der Waals surface area (Å²) in [7, 11) is -5.72. The summed E-state index contributed by atoms with van der Waals surface area (Å²) in [6.45, 7) is 33.7. The minimum Gasteiger partial charge on any atom is -0.318 e.